The van der Waals surface area contributed by atoms with Crippen molar-refractivity contribution in [1.29, 1.82) is 0 Å². The van der Waals surface area contributed by atoms with Crippen LogP contribution < -0.4 is 11.2 Å². The van der Waals surface area contributed by atoms with E-state index in [9.17, 15) is 14.4 Å². The molecule has 4 rings (SSSR count). The van der Waals surface area contributed by atoms with Gasteiger partial charge in [0, 0.05) is 25.5 Å². The monoisotopic (exact) mass is 440 g/mol. The molecule has 0 spiro atoms. The molecule has 0 bridgehead atoms. The Kier molecular flexibility index (Phi) is 6.06. The first-order chi connectivity index (χ1) is 15.5. The molecule has 0 radical (unpaired) electrons. The Morgan fingerprint density at radius 2 is 2.06 bits per heavy atom. The van der Waals surface area contributed by atoms with Gasteiger partial charge in [0.25, 0.3) is 5.56 Å². The maximum atomic E-state index is 12.5. The van der Waals surface area contributed by atoms with Crippen molar-refractivity contribution in [3.63, 3.8) is 0 Å². The first-order valence-electron chi connectivity index (χ1n) is 10.5. The van der Waals surface area contributed by atoms with E-state index in [-0.39, 0.29) is 17.9 Å². The summed E-state index contributed by atoms with van der Waals surface area (Å²) >= 11 is 0. The van der Waals surface area contributed by atoms with Gasteiger partial charge in [-0.15, -0.1) is 0 Å². The molecule has 0 aromatic carbocycles. The highest BCUT2D eigenvalue weighted by Gasteiger charge is 2.20. The smallest absolute Gasteiger partial charge is 0.374 e. The van der Waals surface area contributed by atoms with Gasteiger partial charge in [0.15, 0.2) is 11.2 Å². The summed E-state index contributed by atoms with van der Waals surface area (Å²) in [4.78, 5) is 44.0. The molecule has 4 aromatic rings. The lowest BCUT2D eigenvalue weighted by molar-refractivity contribution is 0.0420. The van der Waals surface area contributed by atoms with E-state index in [0.29, 0.717) is 36.9 Å². The molecule has 1 N–H and O–H groups in total. The summed E-state index contributed by atoms with van der Waals surface area (Å²) in [5.74, 6) is 0.348. The zero-order chi connectivity index (χ0) is 22.7. The van der Waals surface area contributed by atoms with Gasteiger partial charge in [0.2, 0.25) is 5.76 Å². The molecule has 11 heteroatoms. The average molecular weight is 440 g/mol. The lowest BCUT2D eigenvalue weighted by Crippen LogP contribution is -2.31. The summed E-state index contributed by atoms with van der Waals surface area (Å²) in [5, 5.41) is 4.10. The fourth-order valence-corrected chi connectivity index (χ4v) is 3.52. The molecule has 32 heavy (non-hydrogen) atoms. The molecule has 168 valence electrons. The second kappa shape index (κ2) is 9.08. The standard InChI is InChI=1S/C21H24N6O5/c1-3-5-11-27-18-17(19(28)24-21(27)30)26(4-2)16(23-18)13-31-20(29)15-8-7-14(32-15)12-25-10-6-9-22-25/h6-10H,3-5,11-13H2,1-2H3,(H,24,28,30). The van der Waals surface area contributed by atoms with Crippen molar-refractivity contribution < 1.29 is 13.9 Å². The molecule has 0 atom stereocenters. The highest BCUT2D eigenvalue weighted by atomic mass is 16.5. The molecule has 0 saturated heterocycles. The van der Waals surface area contributed by atoms with Gasteiger partial charge in [-0.3, -0.25) is 19.0 Å². The van der Waals surface area contributed by atoms with Crippen molar-refractivity contribution in [3.8, 4) is 0 Å². The topological polar surface area (TPSA) is 130 Å². The number of ether oxygens (including phenoxy) is 1. The number of hydrogen-bond acceptors (Lipinski definition) is 7. The number of imidazole rings is 1. The highest BCUT2D eigenvalue weighted by molar-refractivity contribution is 5.86. The number of H-pyrrole nitrogens is 1. The Bertz CT molecular complexity index is 1340. The Balaban J connectivity index is 1.56. The summed E-state index contributed by atoms with van der Waals surface area (Å²) in [7, 11) is 0. The van der Waals surface area contributed by atoms with Crippen LogP contribution in [0.5, 0.6) is 0 Å². The van der Waals surface area contributed by atoms with E-state index in [0.717, 1.165) is 12.8 Å². The van der Waals surface area contributed by atoms with E-state index in [4.69, 9.17) is 9.15 Å². The molecule has 0 unspecified atom stereocenters. The Morgan fingerprint density at radius 1 is 1.22 bits per heavy atom. The second-order valence-electron chi connectivity index (χ2n) is 7.25. The summed E-state index contributed by atoms with van der Waals surface area (Å²) < 4.78 is 15.7. The fourth-order valence-electron chi connectivity index (χ4n) is 3.52. The maximum Gasteiger partial charge on any atom is 0.374 e. The van der Waals surface area contributed by atoms with E-state index in [1.807, 2.05) is 13.8 Å². The minimum absolute atomic E-state index is 0.0593. The maximum absolute atomic E-state index is 12.5. The van der Waals surface area contributed by atoms with Gasteiger partial charge in [-0.25, -0.2) is 14.6 Å². The predicted octanol–water partition coefficient (Wildman–Crippen LogP) is 1.90. The number of furan rings is 1. The molecule has 0 aliphatic heterocycles. The van der Waals surface area contributed by atoms with Gasteiger partial charge in [-0.05, 0) is 31.5 Å². The Hall–Kier alpha value is -3.89. The number of aryl methyl sites for hydroxylation is 2. The second-order valence-corrected chi connectivity index (χ2v) is 7.25. The van der Waals surface area contributed by atoms with E-state index in [1.54, 1.807) is 33.8 Å². The first-order valence-corrected chi connectivity index (χ1v) is 10.5. The number of carbonyl (C=O) groups is 1. The van der Waals surface area contributed by atoms with E-state index in [2.05, 4.69) is 15.1 Å². The lowest BCUT2D eigenvalue weighted by atomic mass is 10.3. The van der Waals surface area contributed by atoms with Crippen LogP contribution >= 0.6 is 0 Å². The number of fused-ring (bicyclic) bond motifs is 1. The number of rotatable bonds is 9. The number of aromatic nitrogens is 6. The molecule has 4 aromatic heterocycles. The van der Waals surface area contributed by atoms with Gasteiger partial charge in [-0.2, -0.15) is 5.10 Å². The van der Waals surface area contributed by atoms with Crippen LogP contribution in [0.3, 0.4) is 0 Å². The van der Waals surface area contributed by atoms with Crippen LogP contribution in [0.2, 0.25) is 0 Å². The fraction of sp³-hybridized carbons (Fsp3) is 0.381. The third kappa shape index (κ3) is 4.13. The molecule has 0 saturated carbocycles. The van der Waals surface area contributed by atoms with Crippen molar-refractivity contribution >= 4 is 17.1 Å². The minimum atomic E-state index is -0.649. The number of nitrogens with zero attached hydrogens (tertiary/aromatic N) is 5. The summed E-state index contributed by atoms with van der Waals surface area (Å²) in [6, 6.07) is 5.02. The number of unbranched alkanes of at least 4 members (excludes halogenated alkanes) is 1. The van der Waals surface area contributed by atoms with Crippen molar-refractivity contribution in [2.24, 2.45) is 0 Å². The molecule has 0 aliphatic carbocycles. The number of carbonyl (C=O) groups excluding carboxylic acids is 1. The Labute approximate surface area is 182 Å². The zero-order valence-corrected chi connectivity index (χ0v) is 17.9. The summed E-state index contributed by atoms with van der Waals surface area (Å²) in [6.07, 6.45) is 5.10. The highest BCUT2D eigenvalue weighted by Crippen LogP contribution is 2.15. The van der Waals surface area contributed by atoms with Gasteiger partial charge >= 0.3 is 11.7 Å². The third-order valence-electron chi connectivity index (χ3n) is 5.09. The normalized spacial score (nSPS) is 11.3. The van der Waals surface area contributed by atoms with Crippen LogP contribution in [0.1, 0.15) is 48.8 Å². The zero-order valence-electron chi connectivity index (χ0n) is 17.9. The van der Waals surface area contributed by atoms with Crippen molar-refractivity contribution in [2.75, 3.05) is 0 Å². The molecule has 0 fully saturated rings. The number of aromatic amines is 1. The van der Waals surface area contributed by atoms with Crippen molar-refractivity contribution in [2.45, 2.75) is 52.9 Å². The molecular weight excluding hydrogens is 416 g/mol. The third-order valence-corrected chi connectivity index (χ3v) is 5.09. The molecule has 0 amide bonds. The summed E-state index contributed by atoms with van der Waals surface area (Å²) in [5.41, 5.74) is -0.437. The first kappa shape index (κ1) is 21.3. The number of esters is 1. The van der Waals surface area contributed by atoms with E-state index in [1.165, 1.54) is 10.6 Å². The van der Waals surface area contributed by atoms with Crippen LogP contribution in [-0.4, -0.2) is 34.9 Å². The van der Waals surface area contributed by atoms with Gasteiger partial charge in [0.05, 0.1) is 6.54 Å². The van der Waals surface area contributed by atoms with Crippen LogP contribution in [0.25, 0.3) is 11.2 Å². The lowest BCUT2D eigenvalue weighted by Gasteiger charge is -2.06. The number of hydrogen-bond donors (Lipinski definition) is 1. The van der Waals surface area contributed by atoms with Gasteiger partial charge < -0.3 is 13.7 Å². The molecule has 0 aliphatic rings. The largest absolute Gasteiger partial charge is 0.452 e. The van der Waals surface area contributed by atoms with Crippen LogP contribution in [0.15, 0.2) is 44.6 Å². The van der Waals surface area contributed by atoms with Crippen LogP contribution in [0, 0.1) is 0 Å². The van der Waals surface area contributed by atoms with E-state index < -0.39 is 17.2 Å². The van der Waals surface area contributed by atoms with Crippen molar-refractivity contribution in [1.82, 2.24) is 28.9 Å². The van der Waals surface area contributed by atoms with E-state index >= 15 is 0 Å². The van der Waals surface area contributed by atoms with Gasteiger partial charge in [-0.1, -0.05) is 13.3 Å². The average Bonchev–Trinajstić information content (AvgIpc) is 3.52. The van der Waals surface area contributed by atoms with Crippen molar-refractivity contribution in [3.05, 3.63) is 68.8 Å². The summed E-state index contributed by atoms with van der Waals surface area (Å²) in [6.45, 7) is 4.95. The molecular formula is C21H24N6O5. The minimum Gasteiger partial charge on any atom is -0.452 e. The molecule has 11 nitrogen and oxygen atoms in total. The van der Waals surface area contributed by atoms with Crippen LogP contribution in [-0.2, 0) is 31.0 Å². The SMILES string of the molecule is CCCCn1c(=O)[nH]c(=O)c2c1nc(COC(=O)c1ccc(Cn3cccn3)o1)n2CC. The van der Waals surface area contributed by atoms with Crippen LogP contribution in [0.4, 0.5) is 0 Å². The quantitative estimate of drug-likeness (QED) is 0.393. The molecule has 4 heterocycles. The number of nitrogens with one attached hydrogen (secondary N) is 1. The Morgan fingerprint density at radius 3 is 2.78 bits per heavy atom. The predicted molar refractivity (Wildman–Crippen MR) is 114 cm³/mol. The van der Waals surface area contributed by atoms with Gasteiger partial charge in [0.1, 0.15) is 18.2 Å².